The Kier molecular flexibility index (Phi) is 4.20. The van der Waals surface area contributed by atoms with Crippen LogP contribution in [0.25, 0.3) is 10.8 Å². The SMILES string of the molecule is NNC(Cc1ccc2ccccc2c1)c1cccc(Cl)c1. The highest BCUT2D eigenvalue weighted by atomic mass is 35.5. The van der Waals surface area contributed by atoms with Crippen molar-refractivity contribution in [3.63, 3.8) is 0 Å². The highest BCUT2D eigenvalue weighted by Crippen LogP contribution is 2.23. The van der Waals surface area contributed by atoms with E-state index in [9.17, 15) is 0 Å². The Morgan fingerprint density at radius 1 is 0.905 bits per heavy atom. The lowest BCUT2D eigenvalue weighted by Crippen LogP contribution is -2.29. The van der Waals surface area contributed by atoms with Gasteiger partial charge in [0.25, 0.3) is 0 Å². The second kappa shape index (κ2) is 6.27. The minimum absolute atomic E-state index is 0.0462. The number of hydrazine groups is 1. The summed E-state index contributed by atoms with van der Waals surface area (Å²) in [5, 5.41) is 3.23. The van der Waals surface area contributed by atoms with Crippen molar-refractivity contribution in [1.82, 2.24) is 5.43 Å². The van der Waals surface area contributed by atoms with Gasteiger partial charge in [0.1, 0.15) is 0 Å². The van der Waals surface area contributed by atoms with Crippen molar-refractivity contribution < 1.29 is 0 Å². The molecule has 106 valence electrons. The normalized spacial score (nSPS) is 12.5. The van der Waals surface area contributed by atoms with Gasteiger partial charge in [-0.3, -0.25) is 11.3 Å². The molecule has 3 rings (SSSR count). The van der Waals surface area contributed by atoms with Gasteiger partial charge in [0.05, 0.1) is 6.04 Å². The number of nitrogens with one attached hydrogen (secondary N) is 1. The molecular weight excluding hydrogens is 280 g/mol. The first-order chi connectivity index (χ1) is 10.3. The molecule has 3 N–H and O–H groups in total. The Morgan fingerprint density at radius 2 is 1.71 bits per heavy atom. The molecule has 0 aromatic heterocycles. The molecule has 0 bridgehead atoms. The summed E-state index contributed by atoms with van der Waals surface area (Å²) in [4.78, 5) is 0. The first-order valence-electron chi connectivity index (χ1n) is 6.95. The summed E-state index contributed by atoms with van der Waals surface area (Å²) in [5.74, 6) is 5.72. The van der Waals surface area contributed by atoms with Crippen LogP contribution in [0, 0.1) is 0 Å². The van der Waals surface area contributed by atoms with Crippen LogP contribution >= 0.6 is 11.6 Å². The van der Waals surface area contributed by atoms with Crippen LogP contribution in [0.2, 0.25) is 5.02 Å². The third-order valence-corrected chi connectivity index (χ3v) is 3.94. The summed E-state index contributed by atoms with van der Waals surface area (Å²) < 4.78 is 0. The first kappa shape index (κ1) is 14.1. The van der Waals surface area contributed by atoms with Crippen LogP contribution in [0.5, 0.6) is 0 Å². The van der Waals surface area contributed by atoms with E-state index < -0.39 is 0 Å². The largest absolute Gasteiger partial charge is 0.271 e. The molecule has 0 spiro atoms. The molecule has 0 radical (unpaired) electrons. The van der Waals surface area contributed by atoms with Crippen molar-refractivity contribution in [2.75, 3.05) is 0 Å². The van der Waals surface area contributed by atoms with Gasteiger partial charge >= 0.3 is 0 Å². The maximum atomic E-state index is 6.06. The van der Waals surface area contributed by atoms with Crippen LogP contribution in [-0.4, -0.2) is 0 Å². The quantitative estimate of drug-likeness (QED) is 0.558. The molecule has 0 aliphatic heterocycles. The fourth-order valence-corrected chi connectivity index (χ4v) is 2.80. The van der Waals surface area contributed by atoms with Gasteiger partial charge in [0.15, 0.2) is 0 Å². The average molecular weight is 297 g/mol. The van der Waals surface area contributed by atoms with Crippen LogP contribution < -0.4 is 11.3 Å². The zero-order valence-corrected chi connectivity index (χ0v) is 12.3. The molecule has 0 saturated carbocycles. The van der Waals surface area contributed by atoms with Crippen LogP contribution in [0.1, 0.15) is 17.2 Å². The lowest BCUT2D eigenvalue weighted by Gasteiger charge is -2.17. The van der Waals surface area contributed by atoms with Crippen molar-refractivity contribution in [3.8, 4) is 0 Å². The van der Waals surface area contributed by atoms with Gasteiger partial charge in [-0.2, -0.15) is 0 Å². The van der Waals surface area contributed by atoms with Crippen molar-refractivity contribution >= 4 is 22.4 Å². The second-order valence-corrected chi connectivity index (χ2v) is 5.60. The Labute approximate surface area is 129 Å². The number of hydrogen-bond donors (Lipinski definition) is 2. The molecule has 21 heavy (non-hydrogen) atoms. The molecule has 0 fully saturated rings. The molecule has 0 amide bonds. The Balaban J connectivity index is 1.88. The zero-order chi connectivity index (χ0) is 14.7. The number of rotatable bonds is 4. The summed E-state index contributed by atoms with van der Waals surface area (Å²) in [5.41, 5.74) is 5.23. The average Bonchev–Trinajstić information content (AvgIpc) is 2.52. The number of fused-ring (bicyclic) bond motifs is 1. The molecule has 3 heteroatoms. The Hall–Kier alpha value is -1.87. The standard InChI is InChI=1S/C18H17ClN2/c19-17-7-3-6-16(12-17)18(21-20)11-13-8-9-14-4-1-2-5-15(14)10-13/h1-10,12,18,21H,11,20H2. The maximum absolute atomic E-state index is 6.06. The number of nitrogens with two attached hydrogens (primary N) is 1. The van der Waals surface area contributed by atoms with Crippen molar-refractivity contribution in [2.45, 2.75) is 12.5 Å². The van der Waals surface area contributed by atoms with Crippen molar-refractivity contribution in [2.24, 2.45) is 5.84 Å². The highest BCUT2D eigenvalue weighted by molar-refractivity contribution is 6.30. The summed E-state index contributed by atoms with van der Waals surface area (Å²) in [6.45, 7) is 0. The van der Waals surface area contributed by atoms with E-state index in [4.69, 9.17) is 17.4 Å². The van der Waals surface area contributed by atoms with E-state index in [0.717, 1.165) is 17.0 Å². The highest BCUT2D eigenvalue weighted by Gasteiger charge is 2.11. The summed E-state index contributed by atoms with van der Waals surface area (Å²) in [7, 11) is 0. The summed E-state index contributed by atoms with van der Waals surface area (Å²) in [6, 6.07) is 22.7. The molecular formula is C18H17ClN2. The van der Waals surface area contributed by atoms with Crippen LogP contribution in [0.15, 0.2) is 66.7 Å². The smallest absolute Gasteiger partial charge is 0.0500 e. The predicted octanol–water partition coefficient (Wildman–Crippen LogP) is 4.24. The second-order valence-electron chi connectivity index (χ2n) is 5.16. The topological polar surface area (TPSA) is 38.0 Å². The van der Waals surface area contributed by atoms with Gasteiger partial charge in [-0.1, -0.05) is 66.2 Å². The molecule has 0 heterocycles. The molecule has 0 aliphatic carbocycles. The minimum Gasteiger partial charge on any atom is -0.271 e. The molecule has 3 aromatic rings. The van der Waals surface area contributed by atoms with Crippen LogP contribution in [-0.2, 0) is 6.42 Å². The van der Waals surface area contributed by atoms with Crippen LogP contribution in [0.3, 0.4) is 0 Å². The zero-order valence-electron chi connectivity index (χ0n) is 11.6. The third-order valence-electron chi connectivity index (χ3n) is 3.71. The molecule has 0 aliphatic rings. The van der Waals surface area contributed by atoms with Crippen LogP contribution in [0.4, 0.5) is 0 Å². The summed E-state index contributed by atoms with van der Waals surface area (Å²) in [6.07, 6.45) is 0.821. The van der Waals surface area contributed by atoms with Gasteiger partial charge in [-0.15, -0.1) is 0 Å². The Bertz CT molecular complexity index is 755. The van der Waals surface area contributed by atoms with E-state index in [1.165, 1.54) is 16.3 Å². The van der Waals surface area contributed by atoms with E-state index in [1.54, 1.807) is 0 Å². The lowest BCUT2D eigenvalue weighted by molar-refractivity contribution is 0.552. The molecule has 1 atom stereocenters. The van der Waals surface area contributed by atoms with Gasteiger partial charge in [-0.25, -0.2) is 0 Å². The minimum atomic E-state index is 0.0462. The monoisotopic (exact) mass is 296 g/mol. The van der Waals surface area contributed by atoms with E-state index in [-0.39, 0.29) is 6.04 Å². The Morgan fingerprint density at radius 3 is 2.48 bits per heavy atom. The predicted molar refractivity (Wildman–Crippen MR) is 89.2 cm³/mol. The maximum Gasteiger partial charge on any atom is 0.0500 e. The van der Waals surface area contributed by atoms with Gasteiger partial charge in [0, 0.05) is 5.02 Å². The van der Waals surface area contributed by atoms with E-state index >= 15 is 0 Å². The summed E-state index contributed by atoms with van der Waals surface area (Å²) >= 11 is 6.06. The molecule has 0 saturated heterocycles. The molecule has 1 unspecified atom stereocenters. The van der Waals surface area contributed by atoms with Crippen molar-refractivity contribution in [1.29, 1.82) is 0 Å². The molecule has 3 aromatic carbocycles. The van der Waals surface area contributed by atoms with Gasteiger partial charge in [0.2, 0.25) is 0 Å². The molecule has 2 nitrogen and oxygen atoms in total. The lowest BCUT2D eigenvalue weighted by atomic mass is 9.97. The van der Waals surface area contributed by atoms with Gasteiger partial charge in [-0.05, 0) is 40.5 Å². The number of halogens is 1. The third kappa shape index (κ3) is 3.24. The number of hydrogen-bond acceptors (Lipinski definition) is 2. The fourth-order valence-electron chi connectivity index (χ4n) is 2.60. The van der Waals surface area contributed by atoms with Crippen molar-refractivity contribution in [3.05, 3.63) is 82.9 Å². The number of benzene rings is 3. The fraction of sp³-hybridized carbons (Fsp3) is 0.111. The first-order valence-corrected chi connectivity index (χ1v) is 7.33. The van der Waals surface area contributed by atoms with Gasteiger partial charge < -0.3 is 0 Å². The van der Waals surface area contributed by atoms with E-state index in [2.05, 4.69) is 47.9 Å². The van der Waals surface area contributed by atoms with E-state index in [1.807, 2.05) is 24.3 Å². The van der Waals surface area contributed by atoms with E-state index in [0.29, 0.717) is 0 Å².